The van der Waals surface area contributed by atoms with Gasteiger partial charge in [-0.2, -0.15) is 0 Å². The third-order valence-corrected chi connectivity index (χ3v) is 7.28. The van der Waals surface area contributed by atoms with Crippen LogP contribution in [0.5, 0.6) is 5.75 Å². The fourth-order valence-corrected chi connectivity index (χ4v) is 4.92. The number of carbonyl (C=O) groups excluding carboxylic acids is 1. The minimum Gasteiger partial charge on any atom is -0.492 e. The molecule has 1 N–H and O–H groups in total. The predicted octanol–water partition coefficient (Wildman–Crippen LogP) is 5.27. The number of nitrogens with zero attached hydrogens (tertiary/aromatic N) is 1. The molecule has 0 radical (unpaired) electrons. The van der Waals surface area contributed by atoms with E-state index in [9.17, 15) is 13.2 Å². The van der Waals surface area contributed by atoms with Gasteiger partial charge in [-0.1, -0.05) is 56.8 Å². The molecular weight excluding hydrogens is 448 g/mol. The zero-order valence-corrected chi connectivity index (χ0v) is 20.6. The lowest BCUT2D eigenvalue weighted by Gasteiger charge is -2.26. The van der Waals surface area contributed by atoms with Gasteiger partial charge in [0.15, 0.2) is 0 Å². The molecule has 0 unspecified atom stereocenters. The summed E-state index contributed by atoms with van der Waals surface area (Å²) in [7, 11) is -4.03. The molecule has 6 nitrogen and oxygen atoms in total. The van der Waals surface area contributed by atoms with E-state index in [0.717, 1.165) is 30.0 Å². The molecule has 0 aliphatic heterocycles. The SMILES string of the molecule is CCCC[C@@H](CC)CNC(=O)CN(c1ccccc1OCC)S(=O)(=O)c1ccc(Cl)cc1. The summed E-state index contributed by atoms with van der Waals surface area (Å²) >= 11 is 5.94. The number of amides is 1. The lowest BCUT2D eigenvalue weighted by Crippen LogP contribution is -2.42. The van der Waals surface area contributed by atoms with E-state index in [0.29, 0.717) is 35.5 Å². The Bertz CT molecular complexity index is 964. The van der Waals surface area contributed by atoms with Crippen molar-refractivity contribution in [3.05, 3.63) is 53.6 Å². The normalized spacial score (nSPS) is 12.2. The Morgan fingerprint density at radius 1 is 1.09 bits per heavy atom. The van der Waals surface area contributed by atoms with Crippen LogP contribution in [0.25, 0.3) is 0 Å². The highest BCUT2D eigenvalue weighted by Crippen LogP contribution is 2.32. The van der Waals surface area contributed by atoms with Crippen LogP contribution in [0.2, 0.25) is 5.02 Å². The maximum Gasteiger partial charge on any atom is 0.264 e. The van der Waals surface area contributed by atoms with Crippen LogP contribution in [-0.4, -0.2) is 34.0 Å². The van der Waals surface area contributed by atoms with Crippen LogP contribution in [0, 0.1) is 5.92 Å². The van der Waals surface area contributed by atoms with Crippen molar-refractivity contribution < 1.29 is 17.9 Å². The van der Waals surface area contributed by atoms with Gasteiger partial charge in [0.1, 0.15) is 12.3 Å². The molecule has 0 saturated carbocycles. The maximum atomic E-state index is 13.5. The molecular formula is C24H33ClN2O4S. The van der Waals surface area contributed by atoms with E-state index in [-0.39, 0.29) is 17.3 Å². The van der Waals surface area contributed by atoms with E-state index in [4.69, 9.17) is 16.3 Å². The lowest BCUT2D eigenvalue weighted by atomic mass is 9.99. The second kappa shape index (κ2) is 12.7. The second-order valence-electron chi connectivity index (χ2n) is 7.59. The fourth-order valence-electron chi connectivity index (χ4n) is 3.36. The first-order valence-corrected chi connectivity index (χ1v) is 12.9. The van der Waals surface area contributed by atoms with Gasteiger partial charge in [-0.3, -0.25) is 9.10 Å². The van der Waals surface area contributed by atoms with Crippen molar-refractivity contribution in [1.82, 2.24) is 5.32 Å². The van der Waals surface area contributed by atoms with Crippen LogP contribution in [-0.2, 0) is 14.8 Å². The van der Waals surface area contributed by atoms with Gasteiger partial charge >= 0.3 is 0 Å². The van der Waals surface area contributed by atoms with Crippen molar-refractivity contribution in [2.75, 3.05) is 24.0 Å². The molecule has 1 atom stereocenters. The van der Waals surface area contributed by atoms with Crippen molar-refractivity contribution in [2.24, 2.45) is 5.92 Å². The maximum absolute atomic E-state index is 13.5. The van der Waals surface area contributed by atoms with Gasteiger partial charge in [-0.25, -0.2) is 8.42 Å². The summed E-state index contributed by atoms with van der Waals surface area (Å²) in [6.07, 6.45) is 4.20. The molecule has 0 fully saturated rings. The number of unbranched alkanes of at least 4 members (excludes halogenated alkanes) is 1. The van der Waals surface area contributed by atoms with E-state index in [1.807, 2.05) is 6.92 Å². The smallest absolute Gasteiger partial charge is 0.264 e. The van der Waals surface area contributed by atoms with Gasteiger partial charge in [0, 0.05) is 11.6 Å². The second-order valence-corrected chi connectivity index (χ2v) is 9.89. The van der Waals surface area contributed by atoms with Crippen molar-refractivity contribution in [3.63, 3.8) is 0 Å². The number of hydrogen-bond acceptors (Lipinski definition) is 4. The lowest BCUT2D eigenvalue weighted by molar-refractivity contribution is -0.119. The van der Waals surface area contributed by atoms with Crippen LogP contribution < -0.4 is 14.4 Å². The molecule has 0 saturated heterocycles. The minimum atomic E-state index is -4.03. The van der Waals surface area contributed by atoms with Crippen LogP contribution in [0.1, 0.15) is 46.5 Å². The number of hydrogen-bond donors (Lipinski definition) is 1. The zero-order chi connectivity index (χ0) is 23.6. The summed E-state index contributed by atoms with van der Waals surface area (Å²) in [5.74, 6) is 0.412. The average molecular weight is 481 g/mol. The third-order valence-electron chi connectivity index (χ3n) is 5.25. The number of sulfonamides is 1. The summed E-state index contributed by atoms with van der Waals surface area (Å²) < 4.78 is 33.8. The third kappa shape index (κ3) is 7.14. The Hall–Kier alpha value is -2.25. The van der Waals surface area contributed by atoms with Crippen molar-refractivity contribution in [2.45, 2.75) is 51.3 Å². The molecule has 2 rings (SSSR count). The highest BCUT2D eigenvalue weighted by Gasteiger charge is 2.29. The summed E-state index contributed by atoms with van der Waals surface area (Å²) in [6, 6.07) is 12.7. The highest BCUT2D eigenvalue weighted by atomic mass is 35.5. The van der Waals surface area contributed by atoms with Crippen LogP contribution in [0.15, 0.2) is 53.4 Å². The number of ether oxygens (including phenoxy) is 1. The Morgan fingerprint density at radius 2 is 1.78 bits per heavy atom. The molecule has 0 aliphatic rings. The van der Waals surface area contributed by atoms with Gasteiger partial charge in [0.05, 0.1) is 17.2 Å². The minimum absolute atomic E-state index is 0.0513. The fraction of sp³-hybridized carbons (Fsp3) is 0.458. The Labute approximate surface area is 197 Å². The molecule has 0 aromatic heterocycles. The Kier molecular flexibility index (Phi) is 10.3. The number of benzene rings is 2. The molecule has 2 aromatic carbocycles. The number of halogens is 1. The first-order valence-electron chi connectivity index (χ1n) is 11.1. The van der Waals surface area contributed by atoms with Gasteiger partial charge in [-0.05, 0) is 55.7 Å². The molecule has 32 heavy (non-hydrogen) atoms. The molecule has 1 amide bonds. The summed E-state index contributed by atoms with van der Waals surface area (Å²) in [5, 5.41) is 3.35. The summed E-state index contributed by atoms with van der Waals surface area (Å²) in [5.41, 5.74) is 0.317. The molecule has 0 spiro atoms. The van der Waals surface area contributed by atoms with Gasteiger partial charge in [-0.15, -0.1) is 0 Å². The van der Waals surface area contributed by atoms with E-state index in [1.54, 1.807) is 24.3 Å². The zero-order valence-electron chi connectivity index (χ0n) is 19.0. The first kappa shape index (κ1) is 26.0. The first-order chi connectivity index (χ1) is 15.3. The summed E-state index contributed by atoms with van der Waals surface area (Å²) in [6.45, 7) is 6.61. The largest absolute Gasteiger partial charge is 0.492 e. The van der Waals surface area contributed by atoms with Gasteiger partial charge in [0.25, 0.3) is 10.0 Å². The number of carbonyl (C=O) groups is 1. The number of nitrogens with one attached hydrogen (secondary N) is 1. The quantitative estimate of drug-likeness (QED) is 0.424. The topological polar surface area (TPSA) is 75.7 Å². The molecule has 0 bridgehead atoms. The van der Waals surface area contributed by atoms with E-state index in [2.05, 4.69) is 19.2 Å². The Balaban J connectivity index is 2.33. The number of anilines is 1. The average Bonchev–Trinajstić information content (AvgIpc) is 2.78. The summed E-state index contributed by atoms with van der Waals surface area (Å²) in [4.78, 5) is 12.9. The van der Waals surface area contributed by atoms with Gasteiger partial charge < -0.3 is 10.1 Å². The molecule has 2 aromatic rings. The standard InChI is InChI=1S/C24H33ClN2O4S/c1-4-7-10-19(5-2)17-26-24(28)18-27(22-11-8-9-12-23(22)31-6-3)32(29,30)21-15-13-20(25)14-16-21/h8-9,11-16,19H,4-7,10,17-18H2,1-3H3,(H,26,28)/t19-/m1/s1. The van der Waals surface area contributed by atoms with Gasteiger partial charge in [0.2, 0.25) is 5.91 Å². The molecule has 0 aliphatic carbocycles. The monoisotopic (exact) mass is 480 g/mol. The van der Waals surface area contributed by atoms with Crippen molar-refractivity contribution in [3.8, 4) is 5.75 Å². The molecule has 176 valence electrons. The number of para-hydroxylation sites is 2. The van der Waals surface area contributed by atoms with Crippen molar-refractivity contribution >= 4 is 33.2 Å². The molecule has 8 heteroatoms. The number of rotatable bonds is 13. The Morgan fingerprint density at radius 3 is 2.41 bits per heavy atom. The van der Waals surface area contributed by atoms with E-state index in [1.165, 1.54) is 24.3 Å². The van der Waals surface area contributed by atoms with Crippen LogP contribution >= 0.6 is 11.6 Å². The predicted molar refractivity (Wildman–Crippen MR) is 130 cm³/mol. The van der Waals surface area contributed by atoms with Crippen LogP contribution in [0.4, 0.5) is 5.69 Å². The van der Waals surface area contributed by atoms with Crippen LogP contribution in [0.3, 0.4) is 0 Å². The highest BCUT2D eigenvalue weighted by molar-refractivity contribution is 7.92. The van der Waals surface area contributed by atoms with Crippen molar-refractivity contribution in [1.29, 1.82) is 0 Å². The van der Waals surface area contributed by atoms with E-state index < -0.39 is 10.0 Å². The molecule has 0 heterocycles. The van der Waals surface area contributed by atoms with E-state index >= 15 is 0 Å².